The van der Waals surface area contributed by atoms with Gasteiger partial charge in [0.1, 0.15) is 0 Å². The van der Waals surface area contributed by atoms with E-state index in [9.17, 15) is 8.78 Å². The van der Waals surface area contributed by atoms with Gasteiger partial charge in [-0.3, -0.25) is 0 Å². The second-order valence-electron chi connectivity index (χ2n) is 4.60. The van der Waals surface area contributed by atoms with Gasteiger partial charge in [-0.05, 0) is 37.3 Å². The van der Waals surface area contributed by atoms with Gasteiger partial charge in [-0.15, -0.1) is 0 Å². The Kier molecular flexibility index (Phi) is 2.70. The van der Waals surface area contributed by atoms with Crippen molar-refractivity contribution >= 4 is 0 Å². The van der Waals surface area contributed by atoms with E-state index in [1.54, 1.807) is 0 Å². The summed E-state index contributed by atoms with van der Waals surface area (Å²) in [6.07, 6.45) is 3.22. The molecular weight excluding hydrogens is 226 g/mol. The van der Waals surface area contributed by atoms with Crippen LogP contribution in [-0.2, 0) is 6.42 Å². The van der Waals surface area contributed by atoms with Crippen molar-refractivity contribution in [3.8, 4) is 5.88 Å². The van der Waals surface area contributed by atoms with Gasteiger partial charge in [0.05, 0.1) is 0 Å². The van der Waals surface area contributed by atoms with Gasteiger partial charge < -0.3 is 10.1 Å². The summed E-state index contributed by atoms with van der Waals surface area (Å²) < 4.78 is 28.5. The summed E-state index contributed by atoms with van der Waals surface area (Å²) in [5, 5.41) is 3.47. The first-order valence-electron chi connectivity index (χ1n) is 5.92. The molecule has 1 aromatic heterocycles. The highest BCUT2D eigenvalue weighted by Gasteiger charge is 2.35. The predicted molar refractivity (Wildman–Crippen MR) is 58.0 cm³/mol. The maximum Gasteiger partial charge on any atom is 0.388 e. The first-order valence-corrected chi connectivity index (χ1v) is 5.92. The van der Waals surface area contributed by atoms with Crippen LogP contribution in [0.15, 0.2) is 12.1 Å². The third kappa shape index (κ3) is 1.99. The largest absolute Gasteiger partial charge is 0.417 e. The molecule has 1 N–H and O–H groups in total. The van der Waals surface area contributed by atoms with E-state index in [0.717, 1.165) is 24.2 Å². The maximum atomic E-state index is 12.1. The molecule has 1 aliphatic heterocycles. The molecule has 0 unspecified atom stereocenters. The van der Waals surface area contributed by atoms with E-state index in [4.69, 9.17) is 0 Å². The van der Waals surface area contributed by atoms with Gasteiger partial charge >= 0.3 is 6.61 Å². The van der Waals surface area contributed by atoms with Crippen molar-refractivity contribution in [1.29, 1.82) is 0 Å². The predicted octanol–water partition coefficient (Wildman–Crippen LogP) is 2.28. The molecule has 17 heavy (non-hydrogen) atoms. The number of ether oxygens (including phenoxy) is 1. The molecule has 3 rings (SSSR count). The van der Waals surface area contributed by atoms with Gasteiger partial charge in [0.2, 0.25) is 5.88 Å². The smallest absolute Gasteiger partial charge is 0.388 e. The molecule has 0 bridgehead atoms. The van der Waals surface area contributed by atoms with E-state index >= 15 is 0 Å². The molecule has 0 aromatic carbocycles. The van der Waals surface area contributed by atoms with Crippen molar-refractivity contribution in [2.24, 2.45) is 5.92 Å². The van der Waals surface area contributed by atoms with Crippen LogP contribution in [0.2, 0.25) is 0 Å². The Morgan fingerprint density at radius 2 is 2.29 bits per heavy atom. The molecule has 1 aliphatic carbocycles. The molecule has 1 saturated heterocycles. The second kappa shape index (κ2) is 4.22. The fraction of sp³-hybridized carbons (Fsp3) is 0.583. The van der Waals surface area contributed by atoms with E-state index in [1.807, 2.05) is 6.07 Å². The summed E-state index contributed by atoms with van der Waals surface area (Å²) in [4.78, 5) is 4.18. The Morgan fingerprint density at radius 1 is 1.41 bits per heavy atom. The third-order valence-corrected chi connectivity index (χ3v) is 3.57. The Balaban J connectivity index is 1.86. The van der Waals surface area contributed by atoms with Crippen molar-refractivity contribution < 1.29 is 13.5 Å². The van der Waals surface area contributed by atoms with Gasteiger partial charge in [0, 0.05) is 17.8 Å². The van der Waals surface area contributed by atoms with Crippen LogP contribution in [0.1, 0.15) is 30.1 Å². The van der Waals surface area contributed by atoms with E-state index in [0.29, 0.717) is 12.0 Å². The highest BCUT2D eigenvalue weighted by Crippen LogP contribution is 2.40. The fourth-order valence-electron chi connectivity index (χ4n) is 2.88. The molecular formula is C12H14F2N2O. The van der Waals surface area contributed by atoms with E-state index in [-0.39, 0.29) is 5.88 Å². The molecule has 2 atom stereocenters. The van der Waals surface area contributed by atoms with Gasteiger partial charge in [0.15, 0.2) is 0 Å². The lowest BCUT2D eigenvalue weighted by atomic mass is 9.92. The average Bonchev–Trinajstić information content (AvgIpc) is 2.65. The number of hydrogen-bond donors (Lipinski definition) is 1. The highest BCUT2D eigenvalue weighted by molar-refractivity contribution is 5.34. The maximum absolute atomic E-state index is 12.1. The van der Waals surface area contributed by atoms with Crippen LogP contribution in [-0.4, -0.2) is 18.1 Å². The summed E-state index contributed by atoms with van der Waals surface area (Å²) in [5.41, 5.74) is 2.06. The first-order chi connectivity index (χ1) is 8.24. The molecule has 0 saturated carbocycles. The minimum absolute atomic E-state index is 0.0254. The van der Waals surface area contributed by atoms with Gasteiger partial charge in [-0.1, -0.05) is 6.07 Å². The van der Waals surface area contributed by atoms with Crippen LogP contribution in [0.3, 0.4) is 0 Å². The van der Waals surface area contributed by atoms with Crippen molar-refractivity contribution in [2.75, 3.05) is 6.54 Å². The minimum Gasteiger partial charge on any atom is -0.417 e. The molecule has 2 heterocycles. The molecule has 1 fully saturated rings. The van der Waals surface area contributed by atoms with Crippen LogP contribution < -0.4 is 10.1 Å². The molecule has 1 aromatic rings. The first kappa shape index (κ1) is 10.9. The Morgan fingerprint density at radius 3 is 3.12 bits per heavy atom. The topological polar surface area (TPSA) is 34.1 Å². The fourth-order valence-corrected chi connectivity index (χ4v) is 2.88. The average molecular weight is 240 g/mol. The Bertz CT molecular complexity index is 425. The third-order valence-electron chi connectivity index (χ3n) is 3.57. The van der Waals surface area contributed by atoms with Crippen LogP contribution >= 0.6 is 0 Å². The lowest BCUT2D eigenvalue weighted by Gasteiger charge is -2.26. The van der Waals surface area contributed by atoms with Gasteiger partial charge in [-0.2, -0.15) is 8.78 Å². The number of nitrogens with zero attached hydrogens (tertiary/aromatic N) is 1. The number of piperidine rings is 1. The SMILES string of the molecule is FC(F)Oc1ccc2c(n1)C[C@@H]1CCCN[C@H]21. The summed E-state index contributed by atoms with van der Waals surface area (Å²) in [6, 6.07) is 3.75. The molecule has 5 heteroatoms. The number of pyridine rings is 1. The zero-order valence-corrected chi connectivity index (χ0v) is 9.33. The van der Waals surface area contributed by atoms with Gasteiger partial charge in [-0.25, -0.2) is 4.98 Å². The number of halogens is 2. The van der Waals surface area contributed by atoms with Crippen molar-refractivity contribution in [2.45, 2.75) is 31.9 Å². The number of rotatable bonds is 2. The number of alkyl halides is 2. The molecule has 0 spiro atoms. The number of aromatic nitrogens is 1. The lowest BCUT2D eigenvalue weighted by molar-refractivity contribution is -0.0529. The van der Waals surface area contributed by atoms with Crippen LogP contribution in [0.5, 0.6) is 5.88 Å². The van der Waals surface area contributed by atoms with Crippen molar-refractivity contribution in [3.63, 3.8) is 0 Å². The normalized spacial score (nSPS) is 26.8. The number of fused-ring (bicyclic) bond motifs is 3. The summed E-state index contributed by atoms with van der Waals surface area (Å²) in [6.45, 7) is -1.78. The van der Waals surface area contributed by atoms with Gasteiger partial charge in [0.25, 0.3) is 0 Å². The number of hydrogen-bond acceptors (Lipinski definition) is 3. The standard InChI is InChI=1S/C12H14F2N2O/c13-12(14)17-10-4-3-8-9(16-10)6-7-2-1-5-15-11(7)8/h3-4,7,11-12,15H,1-2,5-6H2/t7-,11-/m0/s1. The van der Waals surface area contributed by atoms with E-state index < -0.39 is 6.61 Å². The molecule has 0 radical (unpaired) electrons. The van der Waals surface area contributed by atoms with Crippen LogP contribution in [0, 0.1) is 5.92 Å². The Labute approximate surface area is 98.2 Å². The molecule has 3 nitrogen and oxygen atoms in total. The van der Waals surface area contributed by atoms with E-state index in [2.05, 4.69) is 15.0 Å². The lowest BCUT2D eigenvalue weighted by Crippen LogP contribution is -2.31. The molecule has 0 amide bonds. The second-order valence-corrected chi connectivity index (χ2v) is 4.60. The molecule has 2 aliphatic rings. The summed E-state index contributed by atoms with van der Waals surface area (Å²) in [5.74, 6) is 0.588. The van der Waals surface area contributed by atoms with E-state index in [1.165, 1.54) is 18.9 Å². The van der Waals surface area contributed by atoms with Crippen LogP contribution in [0.4, 0.5) is 8.78 Å². The number of nitrogens with one attached hydrogen (secondary N) is 1. The zero-order chi connectivity index (χ0) is 11.8. The quantitative estimate of drug-likeness (QED) is 0.861. The van der Waals surface area contributed by atoms with Crippen molar-refractivity contribution in [1.82, 2.24) is 10.3 Å². The summed E-state index contributed by atoms with van der Waals surface area (Å²) in [7, 11) is 0. The van der Waals surface area contributed by atoms with Crippen molar-refractivity contribution in [3.05, 3.63) is 23.4 Å². The summed E-state index contributed by atoms with van der Waals surface area (Å²) >= 11 is 0. The minimum atomic E-state index is -2.80. The zero-order valence-electron chi connectivity index (χ0n) is 9.33. The molecule has 92 valence electrons. The van der Waals surface area contributed by atoms with Crippen LogP contribution in [0.25, 0.3) is 0 Å². The highest BCUT2D eigenvalue weighted by atomic mass is 19.3. The Hall–Kier alpha value is -1.23. The monoisotopic (exact) mass is 240 g/mol.